The number of para-hydroxylation sites is 3. The van der Waals surface area contributed by atoms with Crippen LogP contribution in [0.2, 0.25) is 0 Å². The largest absolute Gasteiger partial charge is 0.419 e. The molecule has 0 unspecified atom stereocenters. The fourth-order valence-corrected chi connectivity index (χ4v) is 1.55. The number of ether oxygens (including phenoxy) is 1. The molecule has 1 amide bonds. The minimum absolute atomic E-state index is 0.473. The lowest BCUT2D eigenvalue weighted by atomic mass is 10.2. The number of nitrogens with two attached hydrogens (primary N) is 1. The van der Waals surface area contributed by atoms with Crippen molar-refractivity contribution in [1.82, 2.24) is 0 Å². The zero-order chi connectivity index (χ0) is 13.0. The van der Waals surface area contributed by atoms with E-state index in [0.29, 0.717) is 17.1 Å². The number of benzene rings is 2. The first-order chi connectivity index (χ1) is 8.68. The number of carbonyl (C=O) groups is 1. The van der Waals surface area contributed by atoms with Gasteiger partial charge < -0.3 is 10.5 Å². The summed E-state index contributed by atoms with van der Waals surface area (Å²) in [5.74, 6) is 0.504. The SMILES string of the molecule is CN(C(=O)Oc1ccccc1)c1ccccc1N. The highest BCUT2D eigenvalue weighted by Crippen LogP contribution is 2.22. The summed E-state index contributed by atoms with van der Waals surface area (Å²) in [5.41, 5.74) is 6.96. The number of nitrogen functional groups attached to an aromatic ring is 1. The molecule has 0 saturated carbocycles. The average Bonchev–Trinajstić information content (AvgIpc) is 2.39. The van der Waals surface area contributed by atoms with Crippen molar-refractivity contribution in [3.63, 3.8) is 0 Å². The number of rotatable bonds is 2. The van der Waals surface area contributed by atoms with Crippen LogP contribution in [0.25, 0.3) is 0 Å². The molecule has 2 aromatic carbocycles. The molecule has 0 bridgehead atoms. The maximum Gasteiger partial charge on any atom is 0.419 e. The minimum atomic E-state index is -0.473. The van der Waals surface area contributed by atoms with Crippen molar-refractivity contribution in [2.75, 3.05) is 17.7 Å². The highest BCUT2D eigenvalue weighted by Gasteiger charge is 2.14. The van der Waals surface area contributed by atoms with Crippen LogP contribution in [0, 0.1) is 0 Å². The Bertz CT molecular complexity index is 541. The number of carbonyl (C=O) groups excluding carboxylic acids is 1. The van der Waals surface area contributed by atoms with Crippen molar-refractivity contribution in [3.8, 4) is 5.75 Å². The molecule has 0 aliphatic rings. The molecule has 0 saturated heterocycles. The zero-order valence-corrected chi connectivity index (χ0v) is 10.0. The van der Waals surface area contributed by atoms with Gasteiger partial charge in [0.25, 0.3) is 0 Å². The van der Waals surface area contributed by atoms with Crippen molar-refractivity contribution in [2.24, 2.45) is 0 Å². The molecule has 0 spiro atoms. The summed E-state index contributed by atoms with van der Waals surface area (Å²) in [6.07, 6.45) is -0.473. The van der Waals surface area contributed by atoms with E-state index in [1.54, 1.807) is 43.4 Å². The molecular weight excluding hydrogens is 228 g/mol. The van der Waals surface area contributed by atoms with Crippen molar-refractivity contribution in [3.05, 3.63) is 54.6 Å². The fourth-order valence-electron chi connectivity index (χ4n) is 1.55. The summed E-state index contributed by atoms with van der Waals surface area (Å²) < 4.78 is 5.22. The first-order valence-corrected chi connectivity index (χ1v) is 5.53. The van der Waals surface area contributed by atoms with Crippen LogP contribution in [0.1, 0.15) is 0 Å². The third kappa shape index (κ3) is 2.60. The van der Waals surface area contributed by atoms with Crippen LogP contribution in [0.3, 0.4) is 0 Å². The highest BCUT2D eigenvalue weighted by molar-refractivity contribution is 5.92. The van der Waals surface area contributed by atoms with Crippen molar-refractivity contribution < 1.29 is 9.53 Å². The summed E-state index contributed by atoms with van der Waals surface area (Å²) in [5, 5.41) is 0. The molecule has 0 aliphatic heterocycles. The predicted octanol–water partition coefficient (Wildman–Crippen LogP) is 2.90. The Labute approximate surface area is 106 Å². The molecule has 2 rings (SSSR count). The lowest BCUT2D eigenvalue weighted by Crippen LogP contribution is -2.30. The molecule has 4 heteroatoms. The molecule has 0 radical (unpaired) electrons. The van der Waals surface area contributed by atoms with Gasteiger partial charge >= 0.3 is 6.09 Å². The van der Waals surface area contributed by atoms with E-state index in [4.69, 9.17) is 10.5 Å². The predicted molar refractivity (Wildman–Crippen MR) is 71.7 cm³/mol. The minimum Gasteiger partial charge on any atom is -0.410 e. The van der Waals surface area contributed by atoms with E-state index in [0.717, 1.165) is 0 Å². The van der Waals surface area contributed by atoms with Gasteiger partial charge in [-0.3, -0.25) is 4.90 Å². The Morgan fingerprint density at radius 1 is 1.06 bits per heavy atom. The quantitative estimate of drug-likeness (QED) is 0.824. The van der Waals surface area contributed by atoms with Gasteiger partial charge in [0, 0.05) is 7.05 Å². The number of hydrogen-bond donors (Lipinski definition) is 1. The van der Waals surface area contributed by atoms with E-state index >= 15 is 0 Å². The number of amides is 1. The lowest BCUT2D eigenvalue weighted by molar-refractivity contribution is 0.209. The molecule has 0 heterocycles. The molecule has 0 aliphatic carbocycles. The van der Waals surface area contributed by atoms with E-state index in [1.807, 2.05) is 18.2 Å². The van der Waals surface area contributed by atoms with E-state index in [9.17, 15) is 4.79 Å². The molecule has 2 aromatic rings. The summed E-state index contributed by atoms with van der Waals surface area (Å²) in [6, 6.07) is 16.0. The van der Waals surface area contributed by atoms with Crippen LogP contribution < -0.4 is 15.4 Å². The molecular formula is C14H14N2O2. The molecule has 4 nitrogen and oxygen atoms in total. The molecule has 18 heavy (non-hydrogen) atoms. The van der Waals surface area contributed by atoms with Crippen LogP contribution in [-0.2, 0) is 0 Å². The Balaban J connectivity index is 2.13. The van der Waals surface area contributed by atoms with Gasteiger partial charge in [-0.1, -0.05) is 30.3 Å². The Morgan fingerprint density at radius 2 is 1.67 bits per heavy atom. The summed E-state index contributed by atoms with van der Waals surface area (Å²) in [4.78, 5) is 13.3. The van der Waals surface area contributed by atoms with Gasteiger partial charge in [0.15, 0.2) is 0 Å². The normalized spacial score (nSPS) is 9.83. The van der Waals surface area contributed by atoms with Crippen LogP contribution in [0.4, 0.5) is 16.2 Å². The molecule has 0 atom stereocenters. The molecule has 92 valence electrons. The van der Waals surface area contributed by atoms with Crippen LogP contribution in [0.15, 0.2) is 54.6 Å². The second-order valence-electron chi connectivity index (χ2n) is 3.80. The highest BCUT2D eigenvalue weighted by atomic mass is 16.6. The third-order valence-corrected chi connectivity index (χ3v) is 2.52. The van der Waals surface area contributed by atoms with Crippen molar-refractivity contribution in [1.29, 1.82) is 0 Å². The number of anilines is 2. The van der Waals surface area contributed by atoms with E-state index in [2.05, 4.69) is 0 Å². The monoisotopic (exact) mass is 242 g/mol. The summed E-state index contributed by atoms with van der Waals surface area (Å²) >= 11 is 0. The van der Waals surface area contributed by atoms with Crippen LogP contribution >= 0.6 is 0 Å². The second-order valence-corrected chi connectivity index (χ2v) is 3.80. The van der Waals surface area contributed by atoms with Gasteiger partial charge in [0.1, 0.15) is 5.75 Å². The summed E-state index contributed by atoms with van der Waals surface area (Å²) in [7, 11) is 1.62. The fraction of sp³-hybridized carbons (Fsp3) is 0.0714. The Kier molecular flexibility index (Phi) is 3.48. The van der Waals surface area contributed by atoms with Gasteiger partial charge in [0.05, 0.1) is 11.4 Å². The smallest absolute Gasteiger partial charge is 0.410 e. The van der Waals surface area contributed by atoms with Gasteiger partial charge in [-0.25, -0.2) is 4.79 Å². The van der Waals surface area contributed by atoms with Gasteiger partial charge in [-0.05, 0) is 24.3 Å². The van der Waals surface area contributed by atoms with E-state index < -0.39 is 6.09 Å². The van der Waals surface area contributed by atoms with Crippen molar-refractivity contribution in [2.45, 2.75) is 0 Å². The molecule has 0 aromatic heterocycles. The molecule has 2 N–H and O–H groups in total. The number of nitrogens with zero attached hydrogens (tertiary/aromatic N) is 1. The zero-order valence-electron chi connectivity index (χ0n) is 10.0. The maximum absolute atomic E-state index is 11.9. The molecule has 0 fully saturated rings. The lowest BCUT2D eigenvalue weighted by Gasteiger charge is -2.18. The Hall–Kier alpha value is -2.49. The van der Waals surface area contributed by atoms with Gasteiger partial charge in [0.2, 0.25) is 0 Å². The van der Waals surface area contributed by atoms with Crippen LogP contribution in [0.5, 0.6) is 5.75 Å². The van der Waals surface area contributed by atoms with Crippen LogP contribution in [-0.4, -0.2) is 13.1 Å². The average molecular weight is 242 g/mol. The Morgan fingerprint density at radius 3 is 2.33 bits per heavy atom. The van der Waals surface area contributed by atoms with Gasteiger partial charge in [-0.15, -0.1) is 0 Å². The van der Waals surface area contributed by atoms with E-state index in [-0.39, 0.29) is 0 Å². The summed E-state index contributed by atoms with van der Waals surface area (Å²) in [6.45, 7) is 0. The second kappa shape index (κ2) is 5.23. The first-order valence-electron chi connectivity index (χ1n) is 5.53. The third-order valence-electron chi connectivity index (χ3n) is 2.52. The standard InChI is InChI=1S/C14H14N2O2/c1-16(13-10-6-5-9-12(13)15)14(17)18-11-7-3-2-4-8-11/h2-10H,15H2,1H3. The van der Waals surface area contributed by atoms with E-state index in [1.165, 1.54) is 4.90 Å². The van der Waals surface area contributed by atoms with Crippen molar-refractivity contribution >= 4 is 17.5 Å². The topological polar surface area (TPSA) is 55.6 Å². The maximum atomic E-state index is 11.9. The number of hydrogen-bond acceptors (Lipinski definition) is 3. The van der Waals surface area contributed by atoms with Gasteiger partial charge in [-0.2, -0.15) is 0 Å². The first kappa shape index (κ1) is 12.0.